The molecule has 1 N–H and O–H groups in total. The standard InChI is InChI=1S/C16H21NO4/c1-4-17(11-12(2)16(19)20)15(18)9-8-13-6-5-7-14(10-13)21-3/h5-10,12H,4,11H2,1-3H3,(H,19,20)/b9-8+. The zero-order chi connectivity index (χ0) is 15.8. The number of likely N-dealkylation sites (N-methyl/N-ethyl adjacent to an activating group) is 1. The van der Waals surface area contributed by atoms with Crippen molar-refractivity contribution < 1.29 is 19.4 Å². The van der Waals surface area contributed by atoms with Crippen LogP contribution < -0.4 is 4.74 Å². The summed E-state index contributed by atoms with van der Waals surface area (Å²) in [5.74, 6) is -0.970. The molecule has 1 aromatic carbocycles. The van der Waals surface area contributed by atoms with E-state index in [4.69, 9.17) is 9.84 Å². The van der Waals surface area contributed by atoms with E-state index in [1.54, 1.807) is 20.1 Å². The molecular formula is C16H21NO4. The van der Waals surface area contributed by atoms with Gasteiger partial charge in [0, 0.05) is 19.2 Å². The minimum atomic E-state index is -0.905. The molecule has 21 heavy (non-hydrogen) atoms. The molecule has 0 radical (unpaired) electrons. The Bertz CT molecular complexity index is 525. The summed E-state index contributed by atoms with van der Waals surface area (Å²) in [7, 11) is 1.58. The van der Waals surface area contributed by atoms with Gasteiger partial charge in [-0.25, -0.2) is 0 Å². The number of benzene rings is 1. The predicted molar refractivity (Wildman–Crippen MR) is 81.1 cm³/mol. The second-order valence-electron chi connectivity index (χ2n) is 4.73. The first kappa shape index (κ1) is 16.8. The number of rotatable bonds is 7. The van der Waals surface area contributed by atoms with Crippen molar-refractivity contribution in [2.45, 2.75) is 13.8 Å². The lowest BCUT2D eigenvalue weighted by molar-refractivity contribution is -0.142. The van der Waals surface area contributed by atoms with Gasteiger partial charge in [0.25, 0.3) is 0 Å². The molecule has 1 rings (SSSR count). The number of aliphatic carboxylic acids is 1. The van der Waals surface area contributed by atoms with Gasteiger partial charge < -0.3 is 14.7 Å². The van der Waals surface area contributed by atoms with E-state index in [2.05, 4.69) is 0 Å². The highest BCUT2D eigenvalue weighted by atomic mass is 16.5. The van der Waals surface area contributed by atoms with Gasteiger partial charge in [0.2, 0.25) is 5.91 Å². The molecule has 1 aromatic rings. The third kappa shape index (κ3) is 5.30. The van der Waals surface area contributed by atoms with Crippen LogP contribution in [0.25, 0.3) is 6.08 Å². The first-order valence-corrected chi connectivity index (χ1v) is 6.81. The highest BCUT2D eigenvalue weighted by Crippen LogP contribution is 2.14. The Morgan fingerprint density at radius 1 is 1.43 bits per heavy atom. The number of hydrogen-bond acceptors (Lipinski definition) is 3. The zero-order valence-corrected chi connectivity index (χ0v) is 12.6. The van der Waals surface area contributed by atoms with Gasteiger partial charge in [0.05, 0.1) is 13.0 Å². The number of carboxylic acid groups (broad SMARTS) is 1. The van der Waals surface area contributed by atoms with Gasteiger partial charge in [0.15, 0.2) is 0 Å². The second kappa shape index (κ2) is 8.09. The van der Waals surface area contributed by atoms with Gasteiger partial charge in [0.1, 0.15) is 5.75 Å². The third-order valence-corrected chi connectivity index (χ3v) is 3.12. The molecular weight excluding hydrogens is 270 g/mol. The van der Waals surface area contributed by atoms with Crippen molar-refractivity contribution >= 4 is 18.0 Å². The molecule has 1 atom stereocenters. The molecule has 5 heteroatoms. The van der Waals surface area contributed by atoms with E-state index in [9.17, 15) is 9.59 Å². The summed E-state index contributed by atoms with van der Waals surface area (Å²) in [5, 5.41) is 8.90. The third-order valence-electron chi connectivity index (χ3n) is 3.12. The number of amides is 1. The fourth-order valence-corrected chi connectivity index (χ4v) is 1.80. The quantitative estimate of drug-likeness (QED) is 0.783. The average molecular weight is 291 g/mol. The van der Waals surface area contributed by atoms with Gasteiger partial charge in [-0.3, -0.25) is 9.59 Å². The number of carbonyl (C=O) groups is 2. The van der Waals surface area contributed by atoms with Crippen LogP contribution in [0.15, 0.2) is 30.3 Å². The predicted octanol–water partition coefficient (Wildman–Crippen LogP) is 2.28. The summed E-state index contributed by atoms with van der Waals surface area (Å²) in [4.78, 5) is 24.4. The maximum atomic E-state index is 12.1. The second-order valence-corrected chi connectivity index (χ2v) is 4.73. The van der Waals surface area contributed by atoms with Crippen LogP contribution in [0.5, 0.6) is 5.75 Å². The number of hydrogen-bond donors (Lipinski definition) is 1. The lowest BCUT2D eigenvalue weighted by Gasteiger charge is -2.21. The van der Waals surface area contributed by atoms with Crippen molar-refractivity contribution in [2.24, 2.45) is 5.92 Å². The Hall–Kier alpha value is -2.30. The van der Waals surface area contributed by atoms with Crippen LogP contribution in [0, 0.1) is 5.92 Å². The fraction of sp³-hybridized carbons (Fsp3) is 0.375. The molecule has 0 bridgehead atoms. The normalized spacial score (nSPS) is 12.1. The average Bonchev–Trinajstić information content (AvgIpc) is 2.49. The van der Waals surface area contributed by atoms with Crippen LogP contribution in [0.3, 0.4) is 0 Å². The summed E-state index contributed by atoms with van der Waals surface area (Å²) in [6, 6.07) is 7.35. The van der Waals surface area contributed by atoms with Crippen molar-refractivity contribution in [3.8, 4) is 5.75 Å². The van der Waals surface area contributed by atoms with Crippen LogP contribution in [-0.2, 0) is 9.59 Å². The number of carboxylic acids is 1. The molecule has 0 fully saturated rings. The SMILES string of the molecule is CCN(CC(C)C(=O)O)C(=O)/C=C/c1cccc(OC)c1. The van der Waals surface area contributed by atoms with Crippen molar-refractivity contribution in [3.63, 3.8) is 0 Å². The number of ether oxygens (including phenoxy) is 1. The molecule has 0 saturated heterocycles. The molecule has 0 aliphatic rings. The minimum absolute atomic E-state index is 0.201. The number of methoxy groups -OCH3 is 1. The maximum absolute atomic E-state index is 12.1. The largest absolute Gasteiger partial charge is 0.497 e. The Labute approximate surface area is 124 Å². The van der Waals surface area contributed by atoms with E-state index in [1.807, 2.05) is 31.2 Å². The number of carbonyl (C=O) groups excluding carboxylic acids is 1. The first-order valence-electron chi connectivity index (χ1n) is 6.81. The minimum Gasteiger partial charge on any atom is -0.497 e. The summed E-state index contributed by atoms with van der Waals surface area (Å²) < 4.78 is 5.11. The fourth-order valence-electron chi connectivity index (χ4n) is 1.80. The van der Waals surface area contributed by atoms with E-state index < -0.39 is 11.9 Å². The Morgan fingerprint density at radius 2 is 2.14 bits per heavy atom. The number of nitrogens with zero attached hydrogens (tertiary/aromatic N) is 1. The van der Waals surface area contributed by atoms with Gasteiger partial charge in [-0.2, -0.15) is 0 Å². The molecule has 0 heterocycles. The lowest BCUT2D eigenvalue weighted by Crippen LogP contribution is -2.35. The summed E-state index contributed by atoms with van der Waals surface area (Å²) in [5.41, 5.74) is 0.852. The monoisotopic (exact) mass is 291 g/mol. The van der Waals surface area contributed by atoms with Gasteiger partial charge in [-0.15, -0.1) is 0 Å². The molecule has 1 amide bonds. The lowest BCUT2D eigenvalue weighted by atomic mass is 10.1. The van der Waals surface area contributed by atoms with Crippen molar-refractivity contribution in [3.05, 3.63) is 35.9 Å². The van der Waals surface area contributed by atoms with Crippen molar-refractivity contribution in [1.29, 1.82) is 0 Å². The Balaban J connectivity index is 2.72. The van der Waals surface area contributed by atoms with Crippen molar-refractivity contribution in [1.82, 2.24) is 4.90 Å². The summed E-state index contributed by atoms with van der Waals surface area (Å²) in [6.45, 7) is 4.09. The topological polar surface area (TPSA) is 66.8 Å². The molecule has 0 aliphatic heterocycles. The van der Waals surface area contributed by atoms with E-state index in [1.165, 1.54) is 11.0 Å². The van der Waals surface area contributed by atoms with Gasteiger partial charge >= 0.3 is 5.97 Å². The summed E-state index contributed by atoms with van der Waals surface area (Å²) >= 11 is 0. The molecule has 114 valence electrons. The van der Waals surface area contributed by atoms with Crippen LogP contribution in [0.2, 0.25) is 0 Å². The smallest absolute Gasteiger partial charge is 0.308 e. The molecule has 0 spiro atoms. The van der Waals surface area contributed by atoms with E-state index in [0.717, 1.165) is 11.3 Å². The maximum Gasteiger partial charge on any atom is 0.308 e. The van der Waals surface area contributed by atoms with Crippen molar-refractivity contribution in [2.75, 3.05) is 20.2 Å². The van der Waals surface area contributed by atoms with E-state index in [-0.39, 0.29) is 12.5 Å². The Kier molecular flexibility index (Phi) is 6.46. The van der Waals surface area contributed by atoms with E-state index >= 15 is 0 Å². The van der Waals surface area contributed by atoms with Gasteiger partial charge in [-0.05, 0) is 30.7 Å². The molecule has 1 unspecified atom stereocenters. The van der Waals surface area contributed by atoms with Crippen LogP contribution >= 0.6 is 0 Å². The van der Waals surface area contributed by atoms with Crippen LogP contribution in [0.4, 0.5) is 0 Å². The molecule has 0 saturated carbocycles. The highest BCUT2D eigenvalue weighted by Gasteiger charge is 2.17. The summed E-state index contributed by atoms with van der Waals surface area (Å²) in [6.07, 6.45) is 3.14. The first-order chi connectivity index (χ1) is 9.97. The highest BCUT2D eigenvalue weighted by molar-refractivity contribution is 5.92. The van der Waals surface area contributed by atoms with Crippen LogP contribution in [0.1, 0.15) is 19.4 Å². The van der Waals surface area contributed by atoms with Crippen LogP contribution in [-0.4, -0.2) is 42.1 Å². The van der Waals surface area contributed by atoms with E-state index in [0.29, 0.717) is 6.54 Å². The molecule has 0 aliphatic carbocycles. The molecule has 0 aromatic heterocycles. The zero-order valence-electron chi connectivity index (χ0n) is 12.6. The molecule has 5 nitrogen and oxygen atoms in total. The van der Waals surface area contributed by atoms with Gasteiger partial charge in [-0.1, -0.05) is 19.1 Å². The Morgan fingerprint density at radius 3 is 2.71 bits per heavy atom.